The minimum Gasteiger partial charge on any atom is -0.473 e. The average molecular weight is 409 g/mol. The van der Waals surface area contributed by atoms with Gasteiger partial charge in [-0.3, -0.25) is 14.7 Å². The van der Waals surface area contributed by atoms with E-state index in [1.165, 1.54) is 4.90 Å². The van der Waals surface area contributed by atoms with E-state index in [2.05, 4.69) is 9.97 Å². The van der Waals surface area contributed by atoms with Crippen LogP contribution in [0.2, 0.25) is 0 Å². The molecule has 0 N–H and O–H groups in total. The summed E-state index contributed by atoms with van der Waals surface area (Å²) in [4.78, 5) is 36.4. The van der Waals surface area contributed by atoms with Gasteiger partial charge in [0, 0.05) is 55.7 Å². The molecule has 0 aliphatic carbocycles. The predicted molar refractivity (Wildman–Crippen MR) is 110 cm³/mol. The van der Waals surface area contributed by atoms with Crippen LogP contribution in [-0.2, 0) is 23.2 Å². The van der Waals surface area contributed by atoms with Crippen molar-refractivity contribution in [3.63, 3.8) is 0 Å². The monoisotopic (exact) mass is 409 g/mol. The average Bonchev–Trinajstić information content (AvgIpc) is 3.09. The van der Waals surface area contributed by atoms with Crippen molar-refractivity contribution in [1.29, 1.82) is 0 Å². The van der Waals surface area contributed by atoms with Gasteiger partial charge in [-0.1, -0.05) is 6.07 Å². The van der Waals surface area contributed by atoms with E-state index in [-0.39, 0.29) is 19.1 Å². The van der Waals surface area contributed by atoms with E-state index >= 15 is 0 Å². The van der Waals surface area contributed by atoms with E-state index in [4.69, 9.17) is 9.47 Å². The highest BCUT2D eigenvalue weighted by molar-refractivity contribution is 6.04. The molecule has 1 saturated heterocycles. The summed E-state index contributed by atoms with van der Waals surface area (Å²) < 4.78 is 12.7. The minimum atomic E-state index is -0.458. The summed E-state index contributed by atoms with van der Waals surface area (Å²) in [7, 11) is 1.88. The SMILES string of the molecule is CCOC(=O)N1CCN(c2cn(C)c3nc(OCc4cccnc4)ccc23)C(=O)C1. The normalized spacial score (nSPS) is 14.3. The van der Waals surface area contributed by atoms with Crippen LogP contribution in [0.1, 0.15) is 12.5 Å². The summed E-state index contributed by atoms with van der Waals surface area (Å²) in [5.41, 5.74) is 2.44. The Morgan fingerprint density at radius 2 is 2.10 bits per heavy atom. The Hall–Kier alpha value is -3.62. The molecule has 3 aromatic rings. The second-order valence-electron chi connectivity index (χ2n) is 6.96. The van der Waals surface area contributed by atoms with Gasteiger partial charge in [0.2, 0.25) is 11.8 Å². The lowest BCUT2D eigenvalue weighted by atomic mass is 10.2. The predicted octanol–water partition coefficient (Wildman–Crippen LogP) is 2.35. The number of hydrogen-bond donors (Lipinski definition) is 0. The number of ether oxygens (including phenoxy) is 2. The third-order valence-corrected chi connectivity index (χ3v) is 4.92. The van der Waals surface area contributed by atoms with E-state index in [0.29, 0.717) is 31.2 Å². The standard InChI is InChI=1S/C21H23N5O4/c1-3-29-21(28)25-9-10-26(19(27)13-25)17-12-24(2)20-16(17)6-7-18(23-20)30-14-15-5-4-8-22-11-15/h4-8,11-12H,3,9-10,13-14H2,1-2H3. The second kappa shape index (κ2) is 8.40. The summed E-state index contributed by atoms with van der Waals surface area (Å²) in [5.74, 6) is 0.344. The van der Waals surface area contributed by atoms with Gasteiger partial charge in [-0.2, -0.15) is 4.98 Å². The molecule has 0 unspecified atom stereocenters. The Morgan fingerprint density at radius 3 is 2.83 bits per heavy atom. The number of fused-ring (bicyclic) bond motifs is 1. The third kappa shape index (κ3) is 3.91. The first-order valence-electron chi connectivity index (χ1n) is 9.76. The van der Waals surface area contributed by atoms with Crippen molar-refractivity contribution in [1.82, 2.24) is 19.4 Å². The van der Waals surface area contributed by atoms with Gasteiger partial charge in [-0.15, -0.1) is 0 Å². The largest absolute Gasteiger partial charge is 0.473 e. The molecule has 1 aliphatic heterocycles. The van der Waals surface area contributed by atoms with E-state index in [1.54, 1.807) is 30.3 Å². The highest BCUT2D eigenvalue weighted by atomic mass is 16.6. The molecule has 0 aromatic carbocycles. The zero-order chi connectivity index (χ0) is 21.1. The van der Waals surface area contributed by atoms with Gasteiger partial charge in [0.05, 0.1) is 12.3 Å². The fraction of sp³-hybridized carbons (Fsp3) is 0.333. The van der Waals surface area contributed by atoms with E-state index in [9.17, 15) is 9.59 Å². The van der Waals surface area contributed by atoms with E-state index in [0.717, 1.165) is 16.6 Å². The molecule has 0 bridgehead atoms. The maximum Gasteiger partial charge on any atom is 0.410 e. The second-order valence-corrected chi connectivity index (χ2v) is 6.96. The van der Waals surface area contributed by atoms with E-state index < -0.39 is 6.09 Å². The molecular formula is C21H23N5O4. The molecule has 1 fully saturated rings. The summed E-state index contributed by atoms with van der Waals surface area (Å²) in [6.45, 7) is 3.21. The fourth-order valence-electron chi connectivity index (χ4n) is 3.45. The van der Waals surface area contributed by atoms with Crippen molar-refractivity contribution >= 4 is 28.7 Å². The van der Waals surface area contributed by atoms with Crippen LogP contribution in [0.5, 0.6) is 5.88 Å². The Kier molecular flexibility index (Phi) is 5.51. The number of carbonyl (C=O) groups excluding carboxylic acids is 2. The maximum atomic E-state index is 12.7. The third-order valence-electron chi connectivity index (χ3n) is 4.92. The first-order valence-corrected chi connectivity index (χ1v) is 9.76. The fourth-order valence-corrected chi connectivity index (χ4v) is 3.45. The highest BCUT2D eigenvalue weighted by Gasteiger charge is 2.30. The molecular weight excluding hydrogens is 386 g/mol. The van der Waals surface area contributed by atoms with Crippen LogP contribution in [0.15, 0.2) is 42.9 Å². The molecule has 4 rings (SSSR count). The van der Waals surface area contributed by atoms with Crippen molar-refractivity contribution in [2.24, 2.45) is 7.05 Å². The molecule has 9 nitrogen and oxygen atoms in total. The summed E-state index contributed by atoms with van der Waals surface area (Å²) in [6, 6.07) is 7.49. The molecule has 4 heterocycles. The number of rotatable bonds is 5. The van der Waals surface area contributed by atoms with Gasteiger partial charge in [0.25, 0.3) is 0 Å². The van der Waals surface area contributed by atoms with Gasteiger partial charge in [0.15, 0.2) is 0 Å². The lowest BCUT2D eigenvalue weighted by Crippen LogP contribution is -2.52. The Bertz CT molecular complexity index is 1070. The number of amides is 2. The van der Waals surface area contributed by atoms with Crippen LogP contribution in [0.25, 0.3) is 11.0 Å². The molecule has 0 spiro atoms. The molecule has 0 atom stereocenters. The van der Waals surface area contributed by atoms with Crippen LogP contribution in [0.4, 0.5) is 10.5 Å². The zero-order valence-electron chi connectivity index (χ0n) is 16.9. The molecule has 0 radical (unpaired) electrons. The Labute approximate surface area is 173 Å². The molecule has 3 aromatic heterocycles. The van der Waals surface area contributed by atoms with Crippen molar-refractivity contribution in [3.8, 4) is 5.88 Å². The van der Waals surface area contributed by atoms with Gasteiger partial charge in [-0.05, 0) is 19.1 Å². The van der Waals surface area contributed by atoms with Crippen molar-refractivity contribution < 1.29 is 19.1 Å². The maximum absolute atomic E-state index is 12.7. The topological polar surface area (TPSA) is 89.8 Å². The number of aryl methyl sites for hydroxylation is 1. The lowest BCUT2D eigenvalue weighted by molar-refractivity contribution is -0.120. The number of nitrogens with zero attached hydrogens (tertiary/aromatic N) is 5. The number of hydrogen-bond acceptors (Lipinski definition) is 6. The summed E-state index contributed by atoms with van der Waals surface area (Å²) >= 11 is 0. The van der Waals surface area contributed by atoms with Gasteiger partial charge < -0.3 is 18.9 Å². The lowest BCUT2D eigenvalue weighted by Gasteiger charge is -2.33. The summed E-state index contributed by atoms with van der Waals surface area (Å²) in [6.07, 6.45) is 4.88. The van der Waals surface area contributed by atoms with Crippen LogP contribution < -0.4 is 9.64 Å². The van der Waals surface area contributed by atoms with Crippen molar-refractivity contribution in [2.45, 2.75) is 13.5 Å². The summed E-state index contributed by atoms with van der Waals surface area (Å²) in [5, 5.41) is 0.851. The van der Waals surface area contributed by atoms with Crippen LogP contribution >= 0.6 is 0 Å². The quantitative estimate of drug-likeness (QED) is 0.643. The van der Waals surface area contributed by atoms with Crippen molar-refractivity contribution in [3.05, 3.63) is 48.4 Å². The van der Waals surface area contributed by atoms with E-state index in [1.807, 2.05) is 36.0 Å². The minimum absolute atomic E-state index is 0.00500. The molecule has 9 heteroatoms. The van der Waals surface area contributed by atoms with Gasteiger partial charge in [0.1, 0.15) is 18.8 Å². The van der Waals surface area contributed by atoms with Crippen LogP contribution in [0, 0.1) is 0 Å². The number of piperazine rings is 1. The Balaban J connectivity index is 1.51. The van der Waals surface area contributed by atoms with Crippen LogP contribution in [-0.4, -0.2) is 57.7 Å². The molecule has 156 valence electrons. The first kappa shape index (κ1) is 19.7. The zero-order valence-corrected chi connectivity index (χ0v) is 16.9. The first-order chi connectivity index (χ1) is 14.6. The van der Waals surface area contributed by atoms with Gasteiger partial charge in [-0.25, -0.2) is 4.79 Å². The molecule has 2 amide bonds. The molecule has 30 heavy (non-hydrogen) atoms. The van der Waals surface area contributed by atoms with Crippen molar-refractivity contribution in [2.75, 3.05) is 31.1 Å². The number of aromatic nitrogens is 3. The van der Waals surface area contributed by atoms with Gasteiger partial charge >= 0.3 is 6.09 Å². The smallest absolute Gasteiger partial charge is 0.410 e. The highest BCUT2D eigenvalue weighted by Crippen LogP contribution is 2.30. The Morgan fingerprint density at radius 1 is 1.23 bits per heavy atom. The van der Waals surface area contributed by atoms with Crippen LogP contribution in [0.3, 0.4) is 0 Å². The number of carbonyl (C=O) groups is 2. The number of anilines is 1. The molecule has 0 saturated carbocycles. The number of pyridine rings is 2. The molecule has 1 aliphatic rings.